The summed E-state index contributed by atoms with van der Waals surface area (Å²) < 4.78 is 5.24. The Kier molecular flexibility index (Phi) is 4.39. The van der Waals surface area contributed by atoms with Crippen LogP contribution in [0.3, 0.4) is 0 Å². The lowest BCUT2D eigenvalue weighted by molar-refractivity contribution is -0.388. The minimum absolute atomic E-state index is 0.233. The van der Waals surface area contributed by atoms with Crippen molar-refractivity contribution in [1.82, 2.24) is 0 Å². The number of carboxylic acids is 1. The van der Waals surface area contributed by atoms with E-state index in [2.05, 4.69) is 0 Å². The summed E-state index contributed by atoms with van der Waals surface area (Å²) in [7, 11) is 0. The Morgan fingerprint density at radius 2 is 2.11 bits per heavy atom. The number of benzene rings is 1. The average Bonchev–Trinajstić information content (AvgIpc) is 2.39. The second-order valence-electron chi connectivity index (χ2n) is 4.14. The van der Waals surface area contributed by atoms with Gasteiger partial charge < -0.3 is 9.84 Å². The van der Waals surface area contributed by atoms with Crippen molar-refractivity contribution >= 4 is 23.4 Å². The average molecular weight is 283 g/mol. The van der Waals surface area contributed by atoms with E-state index in [1.165, 1.54) is 23.9 Å². The van der Waals surface area contributed by atoms with Crippen LogP contribution in [0.1, 0.15) is 23.2 Å². The SMILES string of the molecule is O=C(O)c1cccc(SC2CCOCC2)c1[N+](=O)[O-]. The Morgan fingerprint density at radius 1 is 1.42 bits per heavy atom. The first kappa shape index (κ1) is 13.8. The van der Waals surface area contributed by atoms with E-state index in [0.29, 0.717) is 18.1 Å². The fourth-order valence-corrected chi connectivity index (χ4v) is 3.19. The topological polar surface area (TPSA) is 89.7 Å². The Balaban J connectivity index is 2.30. The van der Waals surface area contributed by atoms with Gasteiger partial charge >= 0.3 is 5.97 Å². The fourth-order valence-electron chi connectivity index (χ4n) is 1.95. The van der Waals surface area contributed by atoms with Crippen molar-refractivity contribution in [2.24, 2.45) is 0 Å². The van der Waals surface area contributed by atoms with Gasteiger partial charge in [-0.05, 0) is 25.0 Å². The van der Waals surface area contributed by atoms with E-state index in [1.54, 1.807) is 6.07 Å². The maximum atomic E-state index is 11.1. The van der Waals surface area contributed by atoms with E-state index in [-0.39, 0.29) is 16.5 Å². The number of aromatic carboxylic acids is 1. The van der Waals surface area contributed by atoms with Gasteiger partial charge in [0.1, 0.15) is 5.56 Å². The predicted molar refractivity (Wildman–Crippen MR) is 69.8 cm³/mol. The number of nitrogens with zero attached hydrogens (tertiary/aromatic N) is 1. The first-order valence-electron chi connectivity index (χ1n) is 5.84. The number of ether oxygens (including phenoxy) is 1. The zero-order chi connectivity index (χ0) is 13.8. The summed E-state index contributed by atoms with van der Waals surface area (Å²) in [6.45, 7) is 1.29. The normalized spacial score (nSPS) is 16.2. The Hall–Kier alpha value is -1.60. The number of nitro benzene ring substituents is 1. The van der Waals surface area contributed by atoms with Crippen molar-refractivity contribution in [1.29, 1.82) is 0 Å². The lowest BCUT2D eigenvalue weighted by Crippen LogP contribution is -2.17. The molecule has 0 radical (unpaired) electrons. The number of thioether (sulfide) groups is 1. The fraction of sp³-hybridized carbons (Fsp3) is 0.417. The molecule has 0 aromatic heterocycles. The molecule has 0 atom stereocenters. The molecule has 1 aromatic carbocycles. The molecular formula is C12H13NO5S. The molecule has 0 bridgehead atoms. The summed E-state index contributed by atoms with van der Waals surface area (Å²) in [6.07, 6.45) is 1.64. The van der Waals surface area contributed by atoms with E-state index >= 15 is 0 Å². The molecule has 2 rings (SSSR count). The maximum absolute atomic E-state index is 11.1. The molecule has 1 saturated heterocycles. The van der Waals surface area contributed by atoms with Crippen molar-refractivity contribution < 1.29 is 19.6 Å². The number of carboxylic acid groups (broad SMARTS) is 1. The van der Waals surface area contributed by atoms with Gasteiger partial charge in [0.25, 0.3) is 5.69 Å². The van der Waals surface area contributed by atoms with E-state index in [4.69, 9.17) is 9.84 Å². The first-order chi connectivity index (χ1) is 9.09. The minimum atomic E-state index is -1.28. The molecular weight excluding hydrogens is 270 g/mol. The molecule has 0 unspecified atom stereocenters. The van der Waals surface area contributed by atoms with E-state index < -0.39 is 10.9 Å². The smallest absolute Gasteiger partial charge is 0.342 e. The van der Waals surface area contributed by atoms with Gasteiger partial charge in [-0.15, -0.1) is 11.8 Å². The van der Waals surface area contributed by atoms with E-state index in [0.717, 1.165) is 12.8 Å². The number of rotatable bonds is 4. The van der Waals surface area contributed by atoms with Gasteiger partial charge in [0.15, 0.2) is 0 Å². The molecule has 1 aliphatic rings. The molecule has 1 fully saturated rings. The molecule has 102 valence electrons. The van der Waals surface area contributed by atoms with Crippen LogP contribution in [-0.2, 0) is 4.74 Å². The molecule has 0 saturated carbocycles. The van der Waals surface area contributed by atoms with Crippen LogP contribution in [-0.4, -0.2) is 34.5 Å². The Morgan fingerprint density at radius 3 is 2.68 bits per heavy atom. The highest BCUT2D eigenvalue weighted by Crippen LogP contribution is 2.37. The van der Waals surface area contributed by atoms with Gasteiger partial charge in [0.05, 0.1) is 9.82 Å². The van der Waals surface area contributed by atoms with Crippen molar-refractivity contribution in [3.8, 4) is 0 Å². The number of hydrogen-bond donors (Lipinski definition) is 1. The van der Waals surface area contributed by atoms with Crippen LogP contribution < -0.4 is 0 Å². The molecule has 0 amide bonds. The zero-order valence-corrected chi connectivity index (χ0v) is 10.9. The van der Waals surface area contributed by atoms with Gasteiger partial charge in [0.2, 0.25) is 0 Å². The molecule has 19 heavy (non-hydrogen) atoms. The third-order valence-electron chi connectivity index (χ3n) is 2.87. The number of hydrogen-bond acceptors (Lipinski definition) is 5. The summed E-state index contributed by atoms with van der Waals surface area (Å²) in [5.74, 6) is -1.28. The van der Waals surface area contributed by atoms with Crippen molar-refractivity contribution in [3.05, 3.63) is 33.9 Å². The van der Waals surface area contributed by atoms with Crippen LogP contribution in [0.25, 0.3) is 0 Å². The van der Waals surface area contributed by atoms with Crippen LogP contribution in [0.2, 0.25) is 0 Å². The highest BCUT2D eigenvalue weighted by Gasteiger charge is 2.26. The number of carbonyl (C=O) groups is 1. The second-order valence-corrected chi connectivity index (χ2v) is 5.49. The number of para-hydroxylation sites is 1. The van der Waals surface area contributed by atoms with Crippen LogP contribution in [0, 0.1) is 10.1 Å². The van der Waals surface area contributed by atoms with Crippen molar-refractivity contribution in [2.75, 3.05) is 13.2 Å². The van der Waals surface area contributed by atoms with Crippen LogP contribution >= 0.6 is 11.8 Å². The second kappa shape index (κ2) is 6.03. The van der Waals surface area contributed by atoms with Crippen molar-refractivity contribution in [2.45, 2.75) is 23.0 Å². The van der Waals surface area contributed by atoms with E-state index in [9.17, 15) is 14.9 Å². The van der Waals surface area contributed by atoms with Crippen molar-refractivity contribution in [3.63, 3.8) is 0 Å². The highest BCUT2D eigenvalue weighted by molar-refractivity contribution is 8.00. The molecule has 1 heterocycles. The molecule has 0 spiro atoms. The van der Waals surface area contributed by atoms with Gasteiger partial charge in [-0.25, -0.2) is 4.79 Å². The first-order valence-corrected chi connectivity index (χ1v) is 6.72. The van der Waals surface area contributed by atoms with Crippen LogP contribution in [0.15, 0.2) is 23.1 Å². The summed E-state index contributed by atoms with van der Waals surface area (Å²) in [6, 6.07) is 4.40. The third-order valence-corrected chi connectivity index (χ3v) is 4.26. The van der Waals surface area contributed by atoms with Gasteiger partial charge in [-0.2, -0.15) is 0 Å². The summed E-state index contributed by atoms with van der Waals surface area (Å²) in [5, 5.41) is 20.3. The summed E-state index contributed by atoms with van der Waals surface area (Å²) in [5.41, 5.74) is -0.575. The predicted octanol–water partition coefficient (Wildman–Crippen LogP) is 2.56. The number of nitro groups is 1. The molecule has 7 heteroatoms. The molecule has 1 N–H and O–H groups in total. The maximum Gasteiger partial charge on any atom is 0.342 e. The monoisotopic (exact) mass is 283 g/mol. The lowest BCUT2D eigenvalue weighted by atomic mass is 10.2. The van der Waals surface area contributed by atoms with Gasteiger partial charge in [0, 0.05) is 18.5 Å². The summed E-state index contributed by atoms with van der Waals surface area (Å²) in [4.78, 5) is 21.9. The standard InChI is InChI=1S/C12H13NO5S/c14-12(15)9-2-1-3-10(11(9)13(16)17)19-8-4-6-18-7-5-8/h1-3,8H,4-7H2,(H,14,15). The minimum Gasteiger partial charge on any atom is -0.477 e. The Bertz CT molecular complexity index is 499. The lowest BCUT2D eigenvalue weighted by Gasteiger charge is -2.21. The largest absolute Gasteiger partial charge is 0.477 e. The van der Waals surface area contributed by atoms with E-state index in [1.807, 2.05) is 0 Å². The van der Waals surface area contributed by atoms with Crippen LogP contribution in [0.5, 0.6) is 0 Å². The summed E-state index contributed by atoms with van der Waals surface area (Å²) >= 11 is 1.37. The van der Waals surface area contributed by atoms with Gasteiger partial charge in [-0.1, -0.05) is 6.07 Å². The van der Waals surface area contributed by atoms with Gasteiger partial charge in [-0.3, -0.25) is 10.1 Å². The van der Waals surface area contributed by atoms with Crippen LogP contribution in [0.4, 0.5) is 5.69 Å². The molecule has 1 aliphatic heterocycles. The quantitative estimate of drug-likeness (QED) is 0.674. The Labute approximate surface area is 113 Å². The zero-order valence-electron chi connectivity index (χ0n) is 10.1. The molecule has 0 aliphatic carbocycles. The molecule has 1 aromatic rings. The molecule has 6 nitrogen and oxygen atoms in total. The third kappa shape index (κ3) is 3.24. The highest BCUT2D eigenvalue weighted by atomic mass is 32.2.